The molecule has 2 fully saturated rings. The van der Waals surface area contributed by atoms with E-state index in [0.717, 1.165) is 0 Å². The summed E-state index contributed by atoms with van der Waals surface area (Å²) < 4.78 is 73.8. The van der Waals surface area contributed by atoms with Crippen molar-refractivity contribution < 1.29 is 40.0 Å². The van der Waals surface area contributed by atoms with Gasteiger partial charge in [-0.05, 0) is 33.6 Å². The summed E-state index contributed by atoms with van der Waals surface area (Å²) in [4.78, 5) is 13.6. The van der Waals surface area contributed by atoms with E-state index in [1.165, 1.54) is 0 Å². The first-order chi connectivity index (χ1) is 11.8. The van der Waals surface area contributed by atoms with Crippen molar-refractivity contribution in [2.75, 3.05) is 13.1 Å². The van der Waals surface area contributed by atoms with Gasteiger partial charge in [0.05, 0.1) is 18.3 Å². The lowest BCUT2D eigenvalue weighted by atomic mass is 9.91. The Morgan fingerprint density at radius 3 is 2.00 bits per heavy atom. The van der Waals surface area contributed by atoms with Crippen LogP contribution in [0.25, 0.3) is 0 Å². The topological polar surface area (TPSA) is 82.1 Å². The Hall–Kier alpha value is -1.07. The summed E-state index contributed by atoms with van der Waals surface area (Å²) in [6.07, 6.45) is -0.479. The van der Waals surface area contributed by atoms with Crippen LogP contribution < -0.4 is 0 Å². The van der Waals surface area contributed by atoms with Crippen molar-refractivity contribution in [3.8, 4) is 0 Å². The SMILES string of the molecule is CC(C)(C)OC(=O)N1CCC(O[C@H]2C[C@@H](OS(=O)(=O)C(F)(F)F)C2)CC1. The summed E-state index contributed by atoms with van der Waals surface area (Å²) in [6, 6.07) is 0. The molecule has 0 bridgehead atoms. The zero-order chi connectivity index (χ0) is 19.8. The molecule has 0 unspecified atom stereocenters. The summed E-state index contributed by atoms with van der Waals surface area (Å²) in [5.41, 5.74) is -5.98. The molecule has 0 radical (unpaired) electrons. The molecule has 1 aliphatic heterocycles. The predicted molar refractivity (Wildman–Crippen MR) is 84.8 cm³/mol. The number of carbonyl (C=O) groups is 1. The van der Waals surface area contributed by atoms with Crippen molar-refractivity contribution >= 4 is 16.2 Å². The molecule has 7 nitrogen and oxygen atoms in total. The maximum absolute atomic E-state index is 12.2. The fraction of sp³-hybridized carbons (Fsp3) is 0.933. The molecule has 0 aromatic heterocycles. The minimum Gasteiger partial charge on any atom is -0.444 e. The second kappa shape index (κ2) is 7.51. The van der Waals surface area contributed by atoms with E-state index in [-0.39, 0.29) is 31.1 Å². The Morgan fingerprint density at radius 2 is 1.54 bits per heavy atom. The molecular weight excluding hydrogens is 379 g/mol. The fourth-order valence-electron chi connectivity index (χ4n) is 2.71. The van der Waals surface area contributed by atoms with Crippen molar-refractivity contribution in [1.82, 2.24) is 4.90 Å². The van der Waals surface area contributed by atoms with E-state index in [1.54, 1.807) is 25.7 Å². The number of hydrogen-bond donors (Lipinski definition) is 0. The number of ether oxygens (including phenoxy) is 2. The highest BCUT2D eigenvalue weighted by atomic mass is 32.2. The number of amides is 1. The molecule has 1 heterocycles. The standard InChI is InChI=1S/C15H24F3NO6S/c1-14(2,3)24-13(20)19-6-4-10(5-7-19)23-11-8-12(9-11)25-26(21,22)15(16,17)18/h10-12H,4-9H2,1-3H3/t11-,12+. The second-order valence-electron chi connectivity index (χ2n) is 7.51. The molecule has 0 N–H and O–H groups in total. The van der Waals surface area contributed by atoms with Crippen molar-refractivity contribution in [2.24, 2.45) is 0 Å². The molecule has 1 saturated carbocycles. The van der Waals surface area contributed by atoms with Crippen LogP contribution in [0, 0.1) is 0 Å². The molecule has 1 amide bonds. The molecule has 0 atom stereocenters. The van der Waals surface area contributed by atoms with Crippen LogP contribution in [-0.2, 0) is 23.8 Å². The number of carbonyl (C=O) groups excluding carboxylic acids is 1. The first kappa shape index (κ1) is 21.2. The highest BCUT2D eigenvalue weighted by Gasteiger charge is 2.50. The van der Waals surface area contributed by atoms with Crippen LogP contribution in [0.2, 0.25) is 0 Å². The largest absolute Gasteiger partial charge is 0.523 e. The lowest BCUT2D eigenvalue weighted by Crippen LogP contribution is -2.47. The normalized spacial score (nSPS) is 25.7. The van der Waals surface area contributed by atoms with Crippen LogP contribution in [0.4, 0.5) is 18.0 Å². The van der Waals surface area contributed by atoms with E-state index in [9.17, 15) is 26.4 Å². The molecule has 0 spiro atoms. The van der Waals surface area contributed by atoms with Gasteiger partial charge in [0.25, 0.3) is 0 Å². The third-order valence-electron chi connectivity index (χ3n) is 4.08. The zero-order valence-corrected chi connectivity index (χ0v) is 15.7. The van der Waals surface area contributed by atoms with E-state index < -0.39 is 27.3 Å². The van der Waals surface area contributed by atoms with E-state index in [0.29, 0.717) is 25.9 Å². The fourth-order valence-corrected chi connectivity index (χ4v) is 3.34. The van der Waals surface area contributed by atoms with E-state index in [4.69, 9.17) is 9.47 Å². The van der Waals surface area contributed by atoms with Crippen LogP contribution in [0.1, 0.15) is 46.5 Å². The van der Waals surface area contributed by atoms with Crippen LogP contribution in [0.3, 0.4) is 0 Å². The number of piperidine rings is 1. The molecule has 152 valence electrons. The Bertz CT molecular complexity index is 602. The van der Waals surface area contributed by atoms with Gasteiger partial charge in [-0.2, -0.15) is 21.6 Å². The van der Waals surface area contributed by atoms with Crippen LogP contribution >= 0.6 is 0 Å². The summed E-state index contributed by atoms with van der Waals surface area (Å²) in [7, 11) is -5.56. The van der Waals surface area contributed by atoms with Crippen molar-refractivity contribution in [1.29, 1.82) is 0 Å². The number of rotatable bonds is 4. The number of alkyl halides is 3. The van der Waals surface area contributed by atoms with Crippen molar-refractivity contribution in [2.45, 2.75) is 75.9 Å². The number of likely N-dealkylation sites (tertiary alicyclic amines) is 1. The molecular formula is C15H24F3NO6S. The molecule has 0 aromatic carbocycles. The molecule has 1 saturated heterocycles. The Balaban J connectivity index is 1.68. The maximum atomic E-state index is 12.2. The highest BCUT2D eigenvalue weighted by molar-refractivity contribution is 7.87. The monoisotopic (exact) mass is 403 g/mol. The number of halogens is 3. The van der Waals surface area contributed by atoms with Crippen LogP contribution in [-0.4, -0.2) is 61.9 Å². The van der Waals surface area contributed by atoms with Gasteiger partial charge in [-0.1, -0.05) is 0 Å². The average Bonchev–Trinajstić information content (AvgIpc) is 2.42. The van der Waals surface area contributed by atoms with Gasteiger partial charge in [-0.25, -0.2) is 4.79 Å². The molecule has 0 aromatic rings. The quantitative estimate of drug-likeness (QED) is 0.530. The molecule has 11 heteroatoms. The van der Waals surface area contributed by atoms with Gasteiger partial charge in [-0.3, -0.25) is 4.18 Å². The maximum Gasteiger partial charge on any atom is 0.523 e. The smallest absolute Gasteiger partial charge is 0.444 e. The Kier molecular flexibility index (Phi) is 6.13. The molecule has 1 aliphatic carbocycles. The molecule has 26 heavy (non-hydrogen) atoms. The van der Waals surface area contributed by atoms with Gasteiger partial charge >= 0.3 is 21.7 Å². The van der Waals surface area contributed by atoms with Crippen molar-refractivity contribution in [3.63, 3.8) is 0 Å². The lowest BCUT2D eigenvalue weighted by molar-refractivity contribution is -0.116. The predicted octanol–water partition coefficient (Wildman–Crippen LogP) is 2.80. The summed E-state index contributed by atoms with van der Waals surface area (Å²) >= 11 is 0. The lowest BCUT2D eigenvalue weighted by Gasteiger charge is -2.39. The third-order valence-corrected chi connectivity index (χ3v) is 5.17. The van der Waals surface area contributed by atoms with Crippen molar-refractivity contribution in [3.05, 3.63) is 0 Å². The summed E-state index contributed by atoms with van der Waals surface area (Å²) in [5, 5.41) is 0. The van der Waals surface area contributed by atoms with E-state index in [1.807, 2.05) is 0 Å². The van der Waals surface area contributed by atoms with Gasteiger partial charge in [-0.15, -0.1) is 0 Å². The minimum absolute atomic E-state index is 0.0988. The van der Waals surface area contributed by atoms with Crippen LogP contribution in [0.5, 0.6) is 0 Å². The van der Waals surface area contributed by atoms with Gasteiger partial charge in [0.2, 0.25) is 0 Å². The van der Waals surface area contributed by atoms with E-state index in [2.05, 4.69) is 4.18 Å². The van der Waals surface area contributed by atoms with Gasteiger partial charge in [0.1, 0.15) is 5.60 Å². The highest BCUT2D eigenvalue weighted by Crippen LogP contribution is 2.34. The Morgan fingerprint density at radius 1 is 1.00 bits per heavy atom. The second-order valence-corrected chi connectivity index (χ2v) is 9.08. The first-order valence-electron chi connectivity index (χ1n) is 8.40. The van der Waals surface area contributed by atoms with Crippen LogP contribution in [0.15, 0.2) is 0 Å². The van der Waals surface area contributed by atoms with Gasteiger partial charge < -0.3 is 14.4 Å². The first-order valence-corrected chi connectivity index (χ1v) is 9.80. The zero-order valence-electron chi connectivity index (χ0n) is 14.9. The summed E-state index contributed by atoms with van der Waals surface area (Å²) in [5.74, 6) is 0. The minimum atomic E-state index is -5.56. The van der Waals surface area contributed by atoms with Gasteiger partial charge in [0.15, 0.2) is 0 Å². The van der Waals surface area contributed by atoms with Gasteiger partial charge in [0, 0.05) is 25.9 Å². The summed E-state index contributed by atoms with van der Waals surface area (Å²) in [6.45, 7) is 6.29. The number of nitrogens with zero attached hydrogens (tertiary/aromatic N) is 1. The molecule has 2 rings (SSSR count). The average molecular weight is 403 g/mol. The molecule has 2 aliphatic rings. The third kappa shape index (κ3) is 5.71. The van der Waals surface area contributed by atoms with E-state index >= 15 is 0 Å². The number of hydrogen-bond acceptors (Lipinski definition) is 6. The Labute approximate surface area is 150 Å².